The van der Waals surface area contributed by atoms with Gasteiger partial charge in [0, 0.05) is 37.7 Å². The molecular weight excluding hydrogens is 232 g/mol. The second kappa shape index (κ2) is 6.27. The van der Waals surface area contributed by atoms with Gasteiger partial charge in [-0.25, -0.2) is 0 Å². The average molecular weight is 253 g/mol. The first-order valence-electron chi connectivity index (χ1n) is 6.46. The van der Waals surface area contributed by atoms with Crippen LogP contribution in [-0.4, -0.2) is 37.6 Å². The van der Waals surface area contributed by atoms with Crippen molar-refractivity contribution in [3.8, 4) is 0 Å². The third-order valence-corrected chi connectivity index (χ3v) is 3.68. The van der Waals surface area contributed by atoms with E-state index in [9.17, 15) is 0 Å². The van der Waals surface area contributed by atoms with Crippen molar-refractivity contribution >= 4 is 17.3 Å². The van der Waals surface area contributed by atoms with Crippen molar-refractivity contribution in [1.29, 1.82) is 0 Å². The molecule has 0 aromatic heterocycles. The van der Waals surface area contributed by atoms with Crippen LogP contribution in [0.5, 0.6) is 0 Å². The van der Waals surface area contributed by atoms with Crippen molar-refractivity contribution in [1.82, 2.24) is 4.90 Å². The van der Waals surface area contributed by atoms with E-state index in [1.165, 1.54) is 37.3 Å². The van der Waals surface area contributed by atoms with Crippen molar-refractivity contribution in [2.75, 3.05) is 37.6 Å². The SMILES string of the molecule is CCCN1CCN(c2ccccc2CCl)CC1. The zero-order valence-electron chi connectivity index (χ0n) is 10.5. The second-order valence-electron chi connectivity index (χ2n) is 4.59. The molecule has 0 amide bonds. The molecule has 0 radical (unpaired) electrons. The number of piperazine rings is 1. The Balaban J connectivity index is 2.00. The molecule has 1 heterocycles. The Kier molecular flexibility index (Phi) is 4.69. The van der Waals surface area contributed by atoms with Gasteiger partial charge in [-0.1, -0.05) is 25.1 Å². The molecule has 3 heteroatoms. The summed E-state index contributed by atoms with van der Waals surface area (Å²) >= 11 is 5.99. The molecule has 0 spiro atoms. The smallest absolute Gasteiger partial charge is 0.0494 e. The maximum atomic E-state index is 5.99. The van der Waals surface area contributed by atoms with Gasteiger partial charge in [-0.15, -0.1) is 11.6 Å². The molecule has 0 N–H and O–H groups in total. The normalized spacial score (nSPS) is 17.4. The van der Waals surface area contributed by atoms with Gasteiger partial charge in [0.05, 0.1) is 0 Å². The van der Waals surface area contributed by atoms with Crippen LogP contribution in [0, 0.1) is 0 Å². The number of anilines is 1. The third kappa shape index (κ3) is 3.14. The van der Waals surface area contributed by atoms with Crippen LogP contribution in [0.2, 0.25) is 0 Å². The lowest BCUT2D eigenvalue weighted by Crippen LogP contribution is -2.46. The third-order valence-electron chi connectivity index (χ3n) is 3.39. The molecule has 1 aromatic rings. The molecule has 0 unspecified atom stereocenters. The van der Waals surface area contributed by atoms with Crippen LogP contribution in [0.3, 0.4) is 0 Å². The van der Waals surface area contributed by atoms with Gasteiger partial charge in [0.2, 0.25) is 0 Å². The Morgan fingerprint density at radius 3 is 2.47 bits per heavy atom. The predicted molar refractivity (Wildman–Crippen MR) is 74.9 cm³/mol. The van der Waals surface area contributed by atoms with E-state index in [0.29, 0.717) is 5.88 Å². The summed E-state index contributed by atoms with van der Waals surface area (Å²) in [5, 5.41) is 0. The minimum absolute atomic E-state index is 0.603. The van der Waals surface area contributed by atoms with Gasteiger partial charge in [-0.05, 0) is 24.6 Å². The lowest BCUT2D eigenvalue weighted by atomic mass is 10.1. The summed E-state index contributed by atoms with van der Waals surface area (Å²) in [6, 6.07) is 8.48. The molecule has 17 heavy (non-hydrogen) atoms. The molecule has 0 aliphatic carbocycles. The van der Waals surface area contributed by atoms with Gasteiger partial charge in [-0.3, -0.25) is 4.90 Å². The van der Waals surface area contributed by atoms with Crippen molar-refractivity contribution < 1.29 is 0 Å². The fourth-order valence-corrected chi connectivity index (χ4v) is 2.69. The van der Waals surface area contributed by atoms with E-state index in [0.717, 1.165) is 13.1 Å². The maximum Gasteiger partial charge on any atom is 0.0494 e. The summed E-state index contributed by atoms with van der Waals surface area (Å²) in [6.45, 7) is 8.05. The highest BCUT2D eigenvalue weighted by molar-refractivity contribution is 6.17. The number of rotatable bonds is 4. The number of para-hydroxylation sites is 1. The van der Waals surface area contributed by atoms with Crippen LogP contribution >= 0.6 is 11.6 Å². The topological polar surface area (TPSA) is 6.48 Å². The largest absolute Gasteiger partial charge is 0.369 e. The first-order chi connectivity index (χ1) is 8.35. The molecule has 0 bridgehead atoms. The van der Waals surface area contributed by atoms with Gasteiger partial charge in [0.15, 0.2) is 0 Å². The van der Waals surface area contributed by atoms with Gasteiger partial charge < -0.3 is 4.90 Å². The van der Waals surface area contributed by atoms with E-state index < -0.39 is 0 Å². The Bertz CT molecular complexity index is 346. The van der Waals surface area contributed by atoms with Crippen LogP contribution in [0.15, 0.2) is 24.3 Å². The predicted octanol–water partition coefficient (Wildman–Crippen LogP) is 2.96. The first-order valence-corrected chi connectivity index (χ1v) is 6.99. The minimum Gasteiger partial charge on any atom is -0.369 e. The summed E-state index contributed by atoms with van der Waals surface area (Å²) in [5.41, 5.74) is 2.57. The zero-order valence-corrected chi connectivity index (χ0v) is 11.3. The molecular formula is C14H21ClN2. The molecule has 0 atom stereocenters. The minimum atomic E-state index is 0.603. The number of hydrogen-bond acceptors (Lipinski definition) is 2. The number of hydrogen-bond donors (Lipinski definition) is 0. The molecule has 1 saturated heterocycles. The van der Waals surface area contributed by atoms with Crippen molar-refractivity contribution in [2.24, 2.45) is 0 Å². The lowest BCUT2D eigenvalue weighted by Gasteiger charge is -2.36. The van der Waals surface area contributed by atoms with Gasteiger partial charge >= 0.3 is 0 Å². The van der Waals surface area contributed by atoms with E-state index in [-0.39, 0.29) is 0 Å². The summed E-state index contributed by atoms with van der Waals surface area (Å²) < 4.78 is 0. The lowest BCUT2D eigenvalue weighted by molar-refractivity contribution is 0.258. The molecule has 0 saturated carbocycles. The highest BCUT2D eigenvalue weighted by Crippen LogP contribution is 2.23. The number of benzene rings is 1. The molecule has 2 rings (SSSR count). The Hall–Kier alpha value is -0.730. The number of alkyl halides is 1. The van der Waals surface area contributed by atoms with Crippen molar-refractivity contribution in [3.05, 3.63) is 29.8 Å². The maximum absolute atomic E-state index is 5.99. The molecule has 1 fully saturated rings. The fraction of sp³-hybridized carbons (Fsp3) is 0.571. The monoisotopic (exact) mass is 252 g/mol. The van der Waals surface area contributed by atoms with Crippen LogP contribution in [-0.2, 0) is 5.88 Å². The highest BCUT2D eigenvalue weighted by Gasteiger charge is 2.17. The zero-order chi connectivity index (χ0) is 12.1. The Labute approximate surface area is 109 Å². The Morgan fingerprint density at radius 2 is 1.82 bits per heavy atom. The van der Waals surface area contributed by atoms with E-state index >= 15 is 0 Å². The molecule has 94 valence electrons. The van der Waals surface area contributed by atoms with Crippen LogP contribution < -0.4 is 4.90 Å². The van der Waals surface area contributed by atoms with Crippen LogP contribution in [0.25, 0.3) is 0 Å². The van der Waals surface area contributed by atoms with E-state index in [4.69, 9.17) is 11.6 Å². The molecule has 1 aliphatic rings. The number of nitrogens with zero attached hydrogens (tertiary/aromatic N) is 2. The van der Waals surface area contributed by atoms with Crippen LogP contribution in [0.1, 0.15) is 18.9 Å². The quantitative estimate of drug-likeness (QED) is 0.761. The summed E-state index contributed by atoms with van der Waals surface area (Å²) in [5.74, 6) is 0.603. The fourth-order valence-electron chi connectivity index (χ4n) is 2.46. The van der Waals surface area contributed by atoms with Gasteiger partial charge in [0.1, 0.15) is 0 Å². The molecule has 2 nitrogen and oxygen atoms in total. The summed E-state index contributed by atoms with van der Waals surface area (Å²) in [6.07, 6.45) is 1.25. The standard InChI is InChI=1S/C14H21ClN2/c1-2-7-16-8-10-17(11-9-16)14-6-4-3-5-13(14)12-15/h3-6H,2,7-12H2,1H3. The average Bonchev–Trinajstić information content (AvgIpc) is 2.40. The van der Waals surface area contributed by atoms with Crippen molar-refractivity contribution in [2.45, 2.75) is 19.2 Å². The van der Waals surface area contributed by atoms with Gasteiger partial charge in [-0.2, -0.15) is 0 Å². The van der Waals surface area contributed by atoms with E-state index in [1.54, 1.807) is 0 Å². The molecule has 1 aliphatic heterocycles. The highest BCUT2D eigenvalue weighted by atomic mass is 35.5. The number of halogens is 1. The van der Waals surface area contributed by atoms with Crippen LogP contribution in [0.4, 0.5) is 5.69 Å². The second-order valence-corrected chi connectivity index (χ2v) is 4.86. The van der Waals surface area contributed by atoms with Crippen molar-refractivity contribution in [3.63, 3.8) is 0 Å². The molecule has 1 aromatic carbocycles. The Morgan fingerprint density at radius 1 is 1.12 bits per heavy atom. The van der Waals surface area contributed by atoms with Gasteiger partial charge in [0.25, 0.3) is 0 Å². The van der Waals surface area contributed by atoms with E-state index in [2.05, 4.69) is 41.0 Å². The summed E-state index contributed by atoms with van der Waals surface area (Å²) in [7, 11) is 0. The van der Waals surface area contributed by atoms with E-state index in [1.807, 2.05) is 0 Å². The first kappa shape index (κ1) is 12.7. The summed E-state index contributed by atoms with van der Waals surface area (Å²) in [4.78, 5) is 5.00.